The Kier molecular flexibility index (Phi) is 4.53. The Morgan fingerprint density at radius 1 is 1.19 bits per heavy atom. The van der Waals surface area contributed by atoms with Crippen LogP contribution >= 0.6 is 0 Å². The fourth-order valence-electron chi connectivity index (χ4n) is 3.00. The molecule has 26 heavy (non-hydrogen) atoms. The molecule has 2 aromatic carbocycles. The molecule has 0 saturated heterocycles. The molecule has 1 N–H and O–H groups in total. The van der Waals surface area contributed by atoms with Gasteiger partial charge >= 0.3 is 0 Å². The molecule has 0 radical (unpaired) electrons. The number of hydrogen-bond acceptors (Lipinski definition) is 4. The molecule has 0 spiro atoms. The summed E-state index contributed by atoms with van der Waals surface area (Å²) in [4.78, 5) is 34.9. The van der Waals surface area contributed by atoms with Gasteiger partial charge in [-0.3, -0.25) is 19.7 Å². The minimum absolute atomic E-state index is 0.0115. The smallest absolute Gasteiger partial charge is 0.271 e. The summed E-state index contributed by atoms with van der Waals surface area (Å²) >= 11 is 0. The molecule has 0 unspecified atom stereocenters. The lowest BCUT2D eigenvalue weighted by atomic mass is 10.1. The molecule has 0 saturated carbocycles. The second-order valence-corrected chi connectivity index (χ2v) is 6.14. The van der Waals surface area contributed by atoms with Crippen molar-refractivity contribution in [2.24, 2.45) is 0 Å². The zero-order valence-corrected chi connectivity index (χ0v) is 14.4. The first-order chi connectivity index (χ1) is 12.3. The number of non-ortho nitro benzene ring substituents is 1. The van der Waals surface area contributed by atoms with Gasteiger partial charge in [0.15, 0.2) is 5.43 Å². The van der Waals surface area contributed by atoms with Crippen LogP contribution in [0, 0.1) is 24.0 Å². The second-order valence-electron chi connectivity index (χ2n) is 6.14. The van der Waals surface area contributed by atoms with Crippen molar-refractivity contribution in [3.63, 3.8) is 0 Å². The monoisotopic (exact) mass is 351 g/mol. The van der Waals surface area contributed by atoms with Crippen molar-refractivity contribution in [1.29, 1.82) is 0 Å². The number of anilines is 1. The standard InChI is InChI=1S/C19H17N3O4/c1-12-8-13(2)19-16(9-12)21(7-6-17(19)23)11-18(24)20-14-4-3-5-15(10-14)22(25)26/h3-10H,11H2,1-2H3,(H,20,24). The number of aryl methyl sites for hydroxylation is 2. The van der Waals surface area contributed by atoms with Gasteiger partial charge in [-0.1, -0.05) is 12.1 Å². The van der Waals surface area contributed by atoms with E-state index < -0.39 is 4.92 Å². The predicted molar refractivity (Wildman–Crippen MR) is 99.4 cm³/mol. The van der Waals surface area contributed by atoms with Crippen molar-refractivity contribution in [2.75, 3.05) is 5.32 Å². The van der Waals surface area contributed by atoms with Crippen LogP contribution in [0.2, 0.25) is 0 Å². The van der Waals surface area contributed by atoms with Gasteiger partial charge in [-0.25, -0.2) is 0 Å². The zero-order chi connectivity index (χ0) is 18.8. The SMILES string of the molecule is Cc1cc(C)c2c(=O)ccn(CC(=O)Nc3cccc([N+](=O)[O-])c3)c2c1. The molecule has 3 rings (SSSR count). The first-order valence-corrected chi connectivity index (χ1v) is 8.00. The normalized spacial score (nSPS) is 10.7. The molecular weight excluding hydrogens is 334 g/mol. The molecule has 1 amide bonds. The van der Waals surface area contributed by atoms with Crippen LogP contribution in [0.1, 0.15) is 11.1 Å². The van der Waals surface area contributed by atoms with Gasteiger partial charge in [-0.05, 0) is 37.1 Å². The number of amides is 1. The van der Waals surface area contributed by atoms with Gasteiger partial charge in [-0.2, -0.15) is 0 Å². The highest BCUT2D eigenvalue weighted by Crippen LogP contribution is 2.19. The fourth-order valence-corrected chi connectivity index (χ4v) is 3.00. The van der Waals surface area contributed by atoms with E-state index in [0.29, 0.717) is 16.6 Å². The predicted octanol–water partition coefficient (Wildman–Crippen LogP) is 3.17. The zero-order valence-electron chi connectivity index (χ0n) is 14.4. The number of hydrogen-bond donors (Lipinski definition) is 1. The van der Waals surface area contributed by atoms with E-state index in [1.54, 1.807) is 16.8 Å². The number of benzene rings is 2. The maximum Gasteiger partial charge on any atom is 0.271 e. The average molecular weight is 351 g/mol. The summed E-state index contributed by atoms with van der Waals surface area (Å²) in [6.45, 7) is 3.78. The van der Waals surface area contributed by atoms with Gasteiger partial charge in [0.2, 0.25) is 5.91 Å². The molecule has 1 aromatic heterocycles. The van der Waals surface area contributed by atoms with Gasteiger partial charge in [0.05, 0.1) is 10.4 Å². The largest absolute Gasteiger partial charge is 0.338 e. The molecule has 0 aliphatic rings. The summed E-state index contributed by atoms with van der Waals surface area (Å²) in [6, 6.07) is 11.0. The molecule has 132 valence electrons. The third-order valence-corrected chi connectivity index (χ3v) is 4.08. The molecule has 0 aliphatic carbocycles. The Hall–Kier alpha value is -3.48. The quantitative estimate of drug-likeness (QED) is 0.577. The molecule has 7 heteroatoms. The number of fused-ring (bicyclic) bond motifs is 1. The topological polar surface area (TPSA) is 94.2 Å². The minimum Gasteiger partial charge on any atom is -0.338 e. The molecular formula is C19H17N3O4. The van der Waals surface area contributed by atoms with Crippen LogP contribution in [0.25, 0.3) is 10.9 Å². The van der Waals surface area contributed by atoms with Crippen molar-refractivity contribution in [3.8, 4) is 0 Å². The van der Waals surface area contributed by atoms with Crippen LogP contribution in [0.15, 0.2) is 53.5 Å². The highest BCUT2D eigenvalue weighted by molar-refractivity contribution is 5.92. The van der Waals surface area contributed by atoms with Crippen LogP contribution in [-0.4, -0.2) is 15.4 Å². The lowest BCUT2D eigenvalue weighted by molar-refractivity contribution is -0.384. The van der Waals surface area contributed by atoms with Crippen molar-refractivity contribution < 1.29 is 9.72 Å². The van der Waals surface area contributed by atoms with Crippen LogP contribution in [-0.2, 0) is 11.3 Å². The minimum atomic E-state index is -0.517. The Morgan fingerprint density at radius 3 is 2.69 bits per heavy atom. The molecule has 0 fully saturated rings. The Balaban J connectivity index is 1.91. The van der Waals surface area contributed by atoms with Gasteiger partial charge < -0.3 is 9.88 Å². The number of aromatic nitrogens is 1. The number of nitro groups is 1. The molecule has 0 aliphatic heterocycles. The van der Waals surface area contributed by atoms with E-state index in [0.717, 1.165) is 11.1 Å². The van der Waals surface area contributed by atoms with Crippen molar-refractivity contribution >= 4 is 28.2 Å². The van der Waals surface area contributed by atoms with Gasteiger partial charge in [0, 0.05) is 35.5 Å². The molecule has 0 bridgehead atoms. The lowest BCUT2D eigenvalue weighted by Gasteiger charge is -2.13. The fraction of sp³-hybridized carbons (Fsp3) is 0.158. The maximum absolute atomic E-state index is 12.4. The second kappa shape index (κ2) is 6.79. The van der Waals surface area contributed by atoms with Gasteiger partial charge in [-0.15, -0.1) is 0 Å². The number of pyridine rings is 1. The van der Waals surface area contributed by atoms with E-state index in [9.17, 15) is 19.7 Å². The number of nitro benzene ring substituents is 1. The Morgan fingerprint density at radius 2 is 1.96 bits per heavy atom. The maximum atomic E-state index is 12.4. The molecule has 1 heterocycles. The number of rotatable bonds is 4. The number of nitrogens with one attached hydrogen (secondary N) is 1. The Bertz CT molecular complexity index is 1090. The van der Waals surface area contributed by atoms with Crippen LogP contribution in [0.4, 0.5) is 11.4 Å². The summed E-state index contributed by atoms with van der Waals surface area (Å²) in [5.41, 5.74) is 2.70. The number of nitrogens with zero attached hydrogens (tertiary/aromatic N) is 2. The van der Waals surface area contributed by atoms with Crippen LogP contribution in [0.3, 0.4) is 0 Å². The van der Waals surface area contributed by atoms with E-state index >= 15 is 0 Å². The van der Waals surface area contributed by atoms with E-state index in [4.69, 9.17) is 0 Å². The summed E-state index contributed by atoms with van der Waals surface area (Å²) in [7, 11) is 0. The van der Waals surface area contributed by atoms with Crippen LogP contribution < -0.4 is 10.7 Å². The third kappa shape index (κ3) is 3.46. The first kappa shape index (κ1) is 17.3. The van der Waals surface area contributed by atoms with Crippen LogP contribution in [0.5, 0.6) is 0 Å². The molecule has 0 atom stereocenters. The lowest BCUT2D eigenvalue weighted by Crippen LogP contribution is -2.20. The molecule has 7 nitrogen and oxygen atoms in total. The summed E-state index contributed by atoms with van der Waals surface area (Å²) in [5.74, 6) is -0.338. The van der Waals surface area contributed by atoms with Crippen molar-refractivity contribution in [2.45, 2.75) is 20.4 Å². The third-order valence-electron chi connectivity index (χ3n) is 4.08. The van der Waals surface area contributed by atoms with Crippen molar-refractivity contribution in [3.05, 3.63) is 80.1 Å². The Labute approximate surface area is 149 Å². The van der Waals surface area contributed by atoms with Crippen molar-refractivity contribution in [1.82, 2.24) is 4.57 Å². The summed E-state index contributed by atoms with van der Waals surface area (Å²) in [5, 5.41) is 14.1. The van der Waals surface area contributed by atoms with E-state index in [1.807, 2.05) is 26.0 Å². The van der Waals surface area contributed by atoms with E-state index in [-0.39, 0.29) is 23.6 Å². The highest BCUT2D eigenvalue weighted by atomic mass is 16.6. The highest BCUT2D eigenvalue weighted by Gasteiger charge is 2.11. The number of carbonyl (C=O) groups is 1. The summed E-state index contributed by atoms with van der Waals surface area (Å²) < 4.78 is 1.70. The van der Waals surface area contributed by atoms with Gasteiger partial charge in [0.1, 0.15) is 6.54 Å². The van der Waals surface area contributed by atoms with E-state index in [1.165, 1.54) is 24.3 Å². The first-order valence-electron chi connectivity index (χ1n) is 8.00. The average Bonchev–Trinajstić information content (AvgIpc) is 2.57. The number of carbonyl (C=O) groups excluding carboxylic acids is 1. The van der Waals surface area contributed by atoms with E-state index in [2.05, 4.69) is 5.32 Å². The summed E-state index contributed by atoms with van der Waals surface area (Å²) in [6.07, 6.45) is 1.58. The van der Waals surface area contributed by atoms with Gasteiger partial charge in [0.25, 0.3) is 5.69 Å². The molecule has 3 aromatic rings.